The molecule has 11 heteroatoms. The van der Waals surface area contributed by atoms with Crippen LogP contribution in [-0.2, 0) is 5.54 Å². The van der Waals surface area contributed by atoms with Gasteiger partial charge < -0.3 is 15.8 Å². The summed E-state index contributed by atoms with van der Waals surface area (Å²) >= 11 is 0. The fourth-order valence-corrected chi connectivity index (χ4v) is 3.93. The Labute approximate surface area is 200 Å². The lowest BCUT2D eigenvalue weighted by atomic mass is 9.74. The van der Waals surface area contributed by atoms with Crippen LogP contribution < -0.4 is 15.8 Å². The molecule has 6 nitrogen and oxygen atoms in total. The van der Waals surface area contributed by atoms with Gasteiger partial charge >= 0.3 is 0 Å². The van der Waals surface area contributed by atoms with E-state index in [0.717, 1.165) is 36.5 Å². The molecule has 3 N–H and O–H groups in total. The van der Waals surface area contributed by atoms with E-state index in [1.165, 1.54) is 12.1 Å². The molecule has 0 fully saturated rings. The summed E-state index contributed by atoms with van der Waals surface area (Å²) in [6.45, 7) is 0. The zero-order valence-corrected chi connectivity index (χ0v) is 17.8. The maximum atomic E-state index is 15.6. The second-order valence-corrected chi connectivity index (χ2v) is 7.75. The molecule has 1 aliphatic heterocycles. The van der Waals surface area contributed by atoms with Crippen LogP contribution >= 0.6 is 0 Å². The van der Waals surface area contributed by atoms with E-state index in [4.69, 9.17) is 9.85 Å². The van der Waals surface area contributed by atoms with Gasteiger partial charge in [0.25, 0.3) is 11.8 Å². The first-order valence-electron chi connectivity index (χ1n) is 11.7. The molecule has 1 aromatic heterocycles. The number of pyridine rings is 1. The lowest BCUT2D eigenvalue weighted by Crippen LogP contribution is -2.50. The Hall–Kier alpha value is -4.02. The van der Waals surface area contributed by atoms with E-state index < -0.39 is 65.1 Å². The van der Waals surface area contributed by atoms with Crippen molar-refractivity contribution in [3.63, 3.8) is 0 Å². The standard InChI is InChI=1S/C24H19F5N4O2/c1-35-14-6-7-19(31-12-14)22(34)32-13-10-16(21(27)18(26)11-13)24(15-4-2-3-5-17(15)25)23(28,29)9-8-20(30)33-24/h2-7,10-12H,8-9H2,1H3,(H2,30,33)(H,32,34)/t24-/m0/s1/i1D3. The monoisotopic (exact) mass is 493 g/mol. The van der Waals surface area contributed by atoms with E-state index in [0.29, 0.717) is 6.07 Å². The minimum absolute atomic E-state index is 0.168. The predicted octanol–water partition coefficient (Wildman–Crippen LogP) is 4.79. The summed E-state index contributed by atoms with van der Waals surface area (Å²) < 4.78 is 102. The number of anilines is 1. The highest BCUT2D eigenvalue weighted by atomic mass is 19.3. The Morgan fingerprint density at radius 3 is 2.57 bits per heavy atom. The van der Waals surface area contributed by atoms with Gasteiger partial charge in [0, 0.05) is 35.7 Å². The number of nitrogens with zero attached hydrogens (tertiary/aromatic N) is 2. The van der Waals surface area contributed by atoms with Crippen LogP contribution in [0.3, 0.4) is 0 Å². The zero-order valence-electron chi connectivity index (χ0n) is 20.8. The summed E-state index contributed by atoms with van der Waals surface area (Å²) in [5, 5.41) is 2.22. The number of amidine groups is 1. The van der Waals surface area contributed by atoms with Crippen LogP contribution in [0.1, 0.15) is 38.6 Å². The molecule has 0 saturated heterocycles. The van der Waals surface area contributed by atoms with Crippen molar-refractivity contribution in [1.82, 2.24) is 4.98 Å². The van der Waals surface area contributed by atoms with Crippen molar-refractivity contribution < 1.29 is 35.6 Å². The number of rotatable bonds is 5. The van der Waals surface area contributed by atoms with Crippen molar-refractivity contribution in [2.24, 2.45) is 10.7 Å². The van der Waals surface area contributed by atoms with Crippen molar-refractivity contribution in [3.8, 4) is 5.75 Å². The highest BCUT2D eigenvalue weighted by molar-refractivity contribution is 6.03. The second kappa shape index (κ2) is 8.97. The average Bonchev–Trinajstić information content (AvgIpc) is 2.83. The minimum Gasteiger partial charge on any atom is -0.495 e. The lowest BCUT2D eigenvalue weighted by molar-refractivity contribution is -0.0728. The number of carbonyl (C=O) groups is 1. The number of benzene rings is 2. The number of methoxy groups -OCH3 is 1. The van der Waals surface area contributed by atoms with Gasteiger partial charge in [0.15, 0.2) is 17.2 Å². The normalized spacial score (nSPS) is 20.7. The number of nitrogens with two attached hydrogens (primary N) is 1. The maximum absolute atomic E-state index is 15.6. The fraction of sp³-hybridized carbons (Fsp3) is 0.208. The molecule has 0 radical (unpaired) electrons. The topological polar surface area (TPSA) is 89.6 Å². The maximum Gasteiger partial charge on any atom is 0.281 e. The molecule has 4 rings (SSSR count). The molecular weight excluding hydrogens is 471 g/mol. The first-order chi connectivity index (χ1) is 17.7. The fourth-order valence-electron chi connectivity index (χ4n) is 3.93. The van der Waals surface area contributed by atoms with Crippen molar-refractivity contribution in [3.05, 3.63) is 89.0 Å². The number of aromatic nitrogens is 1. The number of ether oxygens (including phenoxy) is 1. The van der Waals surface area contributed by atoms with Crippen LogP contribution in [0.25, 0.3) is 0 Å². The number of alkyl halides is 2. The van der Waals surface area contributed by atoms with Gasteiger partial charge in [-0.3, -0.25) is 9.79 Å². The first-order valence-corrected chi connectivity index (χ1v) is 10.2. The summed E-state index contributed by atoms with van der Waals surface area (Å²) in [7, 11) is -2.76. The highest BCUT2D eigenvalue weighted by Crippen LogP contribution is 2.53. The molecule has 0 saturated carbocycles. The number of aliphatic imine (C=N–C) groups is 1. The Morgan fingerprint density at radius 2 is 1.89 bits per heavy atom. The van der Waals surface area contributed by atoms with Gasteiger partial charge in [-0.1, -0.05) is 18.2 Å². The summed E-state index contributed by atoms with van der Waals surface area (Å²) in [6, 6.07) is 7.82. The van der Waals surface area contributed by atoms with Crippen molar-refractivity contribution >= 4 is 17.4 Å². The van der Waals surface area contributed by atoms with Gasteiger partial charge in [0.1, 0.15) is 17.3 Å². The largest absolute Gasteiger partial charge is 0.495 e. The van der Waals surface area contributed by atoms with Crippen LogP contribution in [0.4, 0.5) is 27.6 Å². The lowest BCUT2D eigenvalue weighted by Gasteiger charge is -2.41. The molecule has 182 valence electrons. The third-order valence-electron chi connectivity index (χ3n) is 5.56. The number of halogens is 5. The van der Waals surface area contributed by atoms with E-state index in [2.05, 4.69) is 20.0 Å². The highest BCUT2D eigenvalue weighted by Gasteiger charge is 2.60. The third-order valence-corrected chi connectivity index (χ3v) is 5.56. The van der Waals surface area contributed by atoms with Gasteiger partial charge in [-0.25, -0.2) is 26.9 Å². The van der Waals surface area contributed by atoms with Gasteiger partial charge in [0.2, 0.25) is 0 Å². The van der Waals surface area contributed by atoms with E-state index >= 15 is 13.2 Å². The van der Waals surface area contributed by atoms with Crippen LogP contribution in [0.15, 0.2) is 59.7 Å². The molecule has 2 aromatic carbocycles. The Bertz CT molecular complexity index is 1420. The van der Waals surface area contributed by atoms with E-state index in [1.54, 1.807) is 0 Å². The van der Waals surface area contributed by atoms with Gasteiger partial charge in [0.05, 0.1) is 23.2 Å². The number of hydrogen-bond acceptors (Lipinski definition) is 5. The number of carbonyl (C=O) groups excluding carboxylic acids is 1. The SMILES string of the molecule is [2H]C([2H])([2H])Oc1ccc(C(=O)Nc2cc(F)c(F)c([C@]3(c4ccccc4F)N=C(N)CCC3(F)F)c2)nc1. The van der Waals surface area contributed by atoms with Crippen molar-refractivity contribution in [1.29, 1.82) is 0 Å². The second-order valence-electron chi connectivity index (χ2n) is 7.75. The Kier molecular flexibility index (Phi) is 5.22. The number of nitrogens with one attached hydrogen (secondary N) is 1. The van der Waals surface area contributed by atoms with E-state index in [-0.39, 0.29) is 23.7 Å². The smallest absolute Gasteiger partial charge is 0.281 e. The van der Waals surface area contributed by atoms with E-state index in [9.17, 15) is 13.6 Å². The van der Waals surface area contributed by atoms with Crippen LogP contribution in [-0.4, -0.2) is 29.7 Å². The molecular formula is C24H19F5N4O2. The molecule has 1 atom stereocenters. The van der Waals surface area contributed by atoms with Gasteiger partial charge in [-0.05, 0) is 24.3 Å². The molecule has 0 spiro atoms. The van der Waals surface area contributed by atoms with Crippen LogP contribution in [0.2, 0.25) is 0 Å². The Balaban J connectivity index is 1.79. The molecule has 1 aliphatic rings. The molecule has 0 bridgehead atoms. The third kappa shape index (κ3) is 4.17. The van der Waals surface area contributed by atoms with Crippen LogP contribution in [0.5, 0.6) is 5.75 Å². The van der Waals surface area contributed by atoms with Crippen LogP contribution in [0, 0.1) is 17.5 Å². The molecule has 0 aliphatic carbocycles. The van der Waals surface area contributed by atoms with Gasteiger partial charge in [-0.15, -0.1) is 0 Å². The average molecular weight is 493 g/mol. The van der Waals surface area contributed by atoms with E-state index in [1.807, 2.05) is 0 Å². The van der Waals surface area contributed by atoms with Crippen molar-refractivity contribution in [2.75, 3.05) is 12.4 Å². The predicted molar refractivity (Wildman–Crippen MR) is 118 cm³/mol. The molecule has 1 amide bonds. The minimum atomic E-state index is -3.91. The number of amides is 1. The number of hydrogen-bond donors (Lipinski definition) is 2. The first kappa shape index (κ1) is 20.4. The summed E-state index contributed by atoms with van der Waals surface area (Å²) in [4.78, 5) is 20.2. The zero-order chi connectivity index (χ0) is 27.9. The summed E-state index contributed by atoms with van der Waals surface area (Å²) in [5.74, 6) is -9.86. The molecule has 35 heavy (non-hydrogen) atoms. The summed E-state index contributed by atoms with van der Waals surface area (Å²) in [6.07, 6.45) is -0.342. The molecule has 3 aromatic rings. The quantitative estimate of drug-likeness (QED) is 0.501. The molecule has 2 heterocycles. The summed E-state index contributed by atoms with van der Waals surface area (Å²) in [5.41, 5.74) is 0.149. The van der Waals surface area contributed by atoms with Crippen molar-refractivity contribution in [2.45, 2.75) is 24.3 Å². The van der Waals surface area contributed by atoms with Gasteiger partial charge in [-0.2, -0.15) is 0 Å². The Morgan fingerprint density at radius 1 is 1.11 bits per heavy atom. The molecule has 0 unspecified atom stereocenters.